The molecule has 0 saturated heterocycles. The molecule has 2 N–H and O–H groups in total. The van der Waals surface area contributed by atoms with Gasteiger partial charge in [0.2, 0.25) is 10.0 Å². The molecule has 112 valence electrons. The van der Waals surface area contributed by atoms with E-state index in [4.69, 9.17) is 4.74 Å². The topological polar surface area (TPSA) is 75.6 Å². The van der Waals surface area contributed by atoms with Gasteiger partial charge in [-0.05, 0) is 37.5 Å². The highest BCUT2D eigenvalue weighted by atomic mass is 32.2. The number of sulfonamides is 1. The van der Waals surface area contributed by atoms with Gasteiger partial charge in [0.15, 0.2) is 0 Å². The molecule has 1 aromatic carbocycles. The normalized spacial score (nSPS) is 15.3. The zero-order chi connectivity index (χ0) is 14.6. The van der Waals surface area contributed by atoms with E-state index in [1.54, 1.807) is 6.07 Å². The first-order valence-electron chi connectivity index (χ1n) is 6.93. The Morgan fingerprint density at radius 2 is 2.15 bits per heavy atom. The number of hydrogen-bond donors (Lipinski definition) is 2. The second-order valence-corrected chi connectivity index (χ2v) is 6.76. The van der Waals surface area contributed by atoms with Crippen molar-refractivity contribution in [2.24, 2.45) is 5.92 Å². The molecular weight excluding hydrogens is 278 g/mol. The van der Waals surface area contributed by atoms with Crippen LogP contribution in [0.4, 0.5) is 0 Å². The van der Waals surface area contributed by atoms with Gasteiger partial charge in [0.05, 0.1) is 18.1 Å². The second-order valence-electron chi connectivity index (χ2n) is 4.99. The summed E-state index contributed by atoms with van der Waals surface area (Å²) < 4.78 is 32.2. The van der Waals surface area contributed by atoms with Crippen LogP contribution in [0, 0.1) is 5.92 Å². The zero-order valence-electron chi connectivity index (χ0n) is 11.6. The highest BCUT2D eigenvalue weighted by Gasteiger charge is 2.22. The van der Waals surface area contributed by atoms with E-state index in [9.17, 15) is 13.5 Å². The Morgan fingerprint density at radius 3 is 2.75 bits per heavy atom. The smallest absolute Gasteiger partial charge is 0.240 e. The van der Waals surface area contributed by atoms with E-state index in [-0.39, 0.29) is 11.5 Å². The highest BCUT2D eigenvalue weighted by Crippen LogP contribution is 2.32. The van der Waals surface area contributed by atoms with Crippen LogP contribution in [-0.4, -0.2) is 26.7 Å². The van der Waals surface area contributed by atoms with Gasteiger partial charge in [-0.1, -0.05) is 12.8 Å². The van der Waals surface area contributed by atoms with Gasteiger partial charge in [-0.3, -0.25) is 0 Å². The Hall–Kier alpha value is -1.11. The third-order valence-corrected chi connectivity index (χ3v) is 4.81. The van der Waals surface area contributed by atoms with Gasteiger partial charge in [-0.2, -0.15) is 0 Å². The minimum atomic E-state index is -3.51. The quantitative estimate of drug-likeness (QED) is 0.765. The summed E-state index contributed by atoms with van der Waals surface area (Å²) in [6.45, 7) is 2.53. The first-order chi connectivity index (χ1) is 9.56. The molecule has 1 fully saturated rings. The van der Waals surface area contributed by atoms with Crippen LogP contribution in [0.2, 0.25) is 0 Å². The SMILES string of the molecule is CCOc1ccc(S(=O)(=O)NCCC2CC2)cc1CO. The molecule has 0 amide bonds. The van der Waals surface area contributed by atoms with Crippen molar-refractivity contribution in [1.82, 2.24) is 4.72 Å². The van der Waals surface area contributed by atoms with E-state index in [0.717, 1.165) is 6.42 Å². The van der Waals surface area contributed by atoms with Gasteiger partial charge in [0, 0.05) is 12.1 Å². The Balaban J connectivity index is 2.09. The number of hydrogen-bond acceptors (Lipinski definition) is 4. The van der Waals surface area contributed by atoms with Crippen LogP contribution in [0.3, 0.4) is 0 Å². The lowest BCUT2D eigenvalue weighted by atomic mass is 10.2. The molecule has 0 aliphatic heterocycles. The van der Waals surface area contributed by atoms with E-state index < -0.39 is 10.0 Å². The standard InChI is InChI=1S/C14H21NO4S/c1-2-19-14-6-5-13(9-12(14)10-16)20(17,18)15-8-7-11-3-4-11/h5-6,9,11,15-16H,2-4,7-8,10H2,1H3. The molecule has 5 nitrogen and oxygen atoms in total. The highest BCUT2D eigenvalue weighted by molar-refractivity contribution is 7.89. The van der Waals surface area contributed by atoms with Crippen molar-refractivity contribution in [3.63, 3.8) is 0 Å². The molecule has 0 radical (unpaired) electrons. The fourth-order valence-electron chi connectivity index (χ4n) is 2.03. The zero-order valence-corrected chi connectivity index (χ0v) is 12.4. The van der Waals surface area contributed by atoms with Gasteiger partial charge in [0.25, 0.3) is 0 Å². The lowest BCUT2D eigenvalue weighted by molar-refractivity contribution is 0.266. The monoisotopic (exact) mass is 299 g/mol. The summed E-state index contributed by atoms with van der Waals surface area (Å²) >= 11 is 0. The van der Waals surface area contributed by atoms with Crippen molar-refractivity contribution in [2.75, 3.05) is 13.2 Å². The second kappa shape index (κ2) is 6.56. The maximum Gasteiger partial charge on any atom is 0.240 e. The van der Waals surface area contributed by atoms with Crippen molar-refractivity contribution < 1.29 is 18.3 Å². The molecule has 0 heterocycles. The van der Waals surface area contributed by atoms with Crippen molar-refractivity contribution in [3.05, 3.63) is 23.8 Å². The summed E-state index contributed by atoms with van der Waals surface area (Å²) in [6, 6.07) is 4.55. The van der Waals surface area contributed by atoms with Crippen molar-refractivity contribution in [2.45, 2.75) is 37.7 Å². The van der Waals surface area contributed by atoms with E-state index in [2.05, 4.69) is 4.72 Å². The van der Waals surface area contributed by atoms with Crippen molar-refractivity contribution in [1.29, 1.82) is 0 Å². The van der Waals surface area contributed by atoms with Crippen molar-refractivity contribution >= 4 is 10.0 Å². The molecule has 20 heavy (non-hydrogen) atoms. The first kappa shape index (κ1) is 15.3. The molecular formula is C14H21NO4S. The predicted molar refractivity (Wildman–Crippen MR) is 76.1 cm³/mol. The summed E-state index contributed by atoms with van der Waals surface area (Å²) in [5.74, 6) is 1.21. The first-order valence-corrected chi connectivity index (χ1v) is 8.41. The number of rotatable bonds is 8. The van der Waals surface area contributed by atoms with Gasteiger partial charge in [0.1, 0.15) is 5.75 Å². The van der Waals surface area contributed by atoms with E-state index in [1.807, 2.05) is 6.92 Å². The molecule has 0 atom stereocenters. The average molecular weight is 299 g/mol. The molecule has 0 spiro atoms. The lowest BCUT2D eigenvalue weighted by Gasteiger charge is -2.11. The Bertz CT molecular complexity index is 552. The molecule has 0 aromatic heterocycles. The Morgan fingerprint density at radius 1 is 1.40 bits per heavy atom. The summed E-state index contributed by atoms with van der Waals surface area (Å²) in [4.78, 5) is 0.167. The van der Waals surface area contributed by atoms with E-state index >= 15 is 0 Å². The van der Waals surface area contributed by atoms with E-state index in [1.165, 1.54) is 25.0 Å². The molecule has 2 rings (SSSR count). The minimum Gasteiger partial charge on any atom is -0.494 e. The number of benzene rings is 1. The van der Waals surface area contributed by atoms with Crippen LogP contribution in [0.25, 0.3) is 0 Å². The largest absolute Gasteiger partial charge is 0.494 e. The fourth-order valence-corrected chi connectivity index (χ4v) is 3.13. The number of aliphatic hydroxyl groups excluding tert-OH is 1. The Kier molecular flexibility index (Phi) is 5.01. The van der Waals surface area contributed by atoms with Crippen LogP contribution in [0.15, 0.2) is 23.1 Å². The average Bonchev–Trinajstić information content (AvgIpc) is 3.23. The van der Waals surface area contributed by atoms with Gasteiger partial charge < -0.3 is 9.84 Å². The van der Waals surface area contributed by atoms with Crippen molar-refractivity contribution in [3.8, 4) is 5.75 Å². The van der Waals surface area contributed by atoms with Crippen LogP contribution < -0.4 is 9.46 Å². The number of nitrogens with one attached hydrogen (secondary N) is 1. The molecule has 1 saturated carbocycles. The summed E-state index contributed by atoms with van der Waals surface area (Å²) in [5, 5.41) is 9.30. The fraction of sp³-hybridized carbons (Fsp3) is 0.571. The lowest BCUT2D eigenvalue weighted by Crippen LogP contribution is -2.25. The number of aliphatic hydroxyl groups is 1. The maximum absolute atomic E-state index is 12.1. The van der Waals surface area contributed by atoms with Crippen LogP contribution in [0.1, 0.15) is 31.7 Å². The summed E-state index contributed by atoms with van der Waals surface area (Å²) in [5.41, 5.74) is 0.483. The summed E-state index contributed by atoms with van der Waals surface area (Å²) in [7, 11) is -3.51. The van der Waals surface area contributed by atoms with Crippen LogP contribution in [0.5, 0.6) is 5.75 Å². The molecule has 0 bridgehead atoms. The molecule has 1 aliphatic rings. The van der Waals surface area contributed by atoms with Crippen LogP contribution >= 0.6 is 0 Å². The molecule has 6 heteroatoms. The predicted octanol–water partition coefficient (Wildman–Crippen LogP) is 1.66. The third-order valence-electron chi connectivity index (χ3n) is 3.35. The molecule has 1 aromatic rings. The molecule has 1 aliphatic carbocycles. The molecule has 0 unspecified atom stereocenters. The maximum atomic E-state index is 12.1. The Labute approximate surface area is 120 Å². The van der Waals surface area contributed by atoms with Crippen LogP contribution in [-0.2, 0) is 16.6 Å². The minimum absolute atomic E-state index is 0.167. The van der Waals surface area contributed by atoms with Gasteiger partial charge in [-0.25, -0.2) is 13.1 Å². The third kappa shape index (κ3) is 3.94. The number of ether oxygens (including phenoxy) is 1. The van der Waals surface area contributed by atoms with Gasteiger partial charge in [-0.15, -0.1) is 0 Å². The van der Waals surface area contributed by atoms with Gasteiger partial charge >= 0.3 is 0 Å². The summed E-state index contributed by atoms with van der Waals surface area (Å²) in [6.07, 6.45) is 3.31. The van der Waals surface area contributed by atoms with E-state index in [0.29, 0.717) is 30.4 Å².